The zero-order valence-corrected chi connectivity index (χ0v) is 19.3. The predicted octanol–water partition coefficient (Wildman–Crippen LogP) is 6.34. The molecule has 0 saturated heterocycles. The van der Waals surface area contributed by atoms with Crippen LogP contribution in [0.1, 0.15) is 27.2 Å². The summed E-state index contributed by atoms with van der Waals surface area (Å²) in [6.07, 6.45) is 0. The fourth-order valence-corrected chi connectivity index (χ4v) is 3.52. The molecule has 0 spiro atoms. The normalized spacial score (nSPS) is 10.5. The third kappa shape index (κ3) is 5.13. The van der Waals surface area contributed by atoms with E-state index in [0.29, 0.717) is 27.7 Å². The Bertz CT molecular complexity index is 1290. The molecular weight excluding hydrogens is 445 g/mol. The fraction of sp³-hybridized carbons (Fsp3) is 0.120. The maximum absolute atomic E-state index is 13.0. The first-order chi connectivity index (χ1) is 14.9. The van der Waals surface area contributed by atoms with E-state index in [-0.39, 0.29) is 24.9 Å². The SMILES string of the molecule is Cc1cc(N)c2cc(NC(=O)c3ccccc3COc3ccc(Cl)c(C)c3)ccc2n1.Cl. The number of carbonyl (C=O) groups is 1. The Morgan fingerprint density at radius 1 is 1.06 bits per heavy atom. The van der Waals surface area contributed by atoms with E-state index in [2.05, 4.69) is 10.3 Å². The van der Waals surface area contributed by atoms with Gasteiger partial charge < -0.3 is 15.8 Å². The molecule has 0 aliphatic rings. The van der Waals surface area contributed by atoms with Crippen LogP contribution >= 0.6 is 24.0 Å². The summed E-state index contributed by atoms with van der Waals surface area (Å²) in [7, 11) is 0. The lowest BCUT2D eigenvalue weighted by atomic mass is 10.1. The van der Waals surface area contributed by atoms with Crippen LogP contribution in [0.25, 0.3) is 10.9 Å². The zero-order valence-electron chi connectivity index (χ0n) is 17.7. The summed E-state index contributed by atoms with van der Waals surface area (Å²) in [5.74, 6) is 0.481. The molecule has 0 aliphatic heterocycles. The van der Waals surface area contributed by atoms with E-state index in [1.54, 1.807) is 12.1 Å². The molecule has 0 bridgehead atoms. The molecule has 3 N–H and O–H groups in total. The van der Waals surface area contributed by atoms with Crippen molar-refractivity contribution in [3.63, 3.8) is 0 Å². The monoisotopic (exact) mass is 467 g/mol. The number of aryl methyl sites for hydroxylation is 2. The highest BCUT2D eigenvalue weighted by molar-refractivity contribution is 6.31. The summed E-state index contributed by atoms with van der Waals surface area (Å²) in [4.78, 5) is 17.5. The van der Waals surface area contributed by atoms with Gasteiger partial charge in [-0.1, -0.05) is 29.8 Å². The number of nitrogens with two attached hydrogens (primary N) is 1. The van der Waals surface area contributed by atoms with Gasteiger partial charge in [-0.2, -0.15) is 0 Å². The minimum atomic E-state index is -0.218. The molecule has 32 heavy (non-hydrogen) atoms. The van der Waals surface area contributed by atoms with Crippen molar-refractivity contribution in [1.29, 1.82) is 0 Å². The van der Waals surface area contributed by atoms with Gasteiger partial charge in [-0.15, -0.1) is 12.4 Å². The van der Waals surface area contributed by atoms with Gasteiger partial charge in [-0.3, -0.25) is 9.78 Å². The lowest BCUT2D eigenvalue weighted by Crippen LogP contribution is -2.15. The molecule has 0 fully saturated rings. The molecule has 3 aromatic carbocycles. The number of ether oxygens (including phenoxy) is 1. The third-order valence-corrected chi connectivity index (χ3v) is 5.44. The van der Waals surface area contributed by atoms with E-state index in [0.717, 1.165) is 27.7 Å². The van der Waals surface area contributed by atoms with Gasteiger partial charge in [-0.25, -0.2) is 0 Å². The number of anilines is 2. The van der Waals surface area contributed by atoms with E-state index in [1.807, 2.05) is 68.4 Å². The molecule has 0 atom stereocenters. The van der Waals surface area contributed by atoms with Gasteiger partial charge in [0.15, 0.2) is 0 Å². The lowest BCUT2D eigenvalue weighted by Gasteiger charge is -2.13. The number of pyridine rings is 1. The van der Waals surface area contributed by atoms with Crippen molar-refractivity contribution >= 4 is 52.2 Å². The van der Waals surface area contributed by atoms with Crippen LogP contribution in [0.15, 0.2) is 66.7 Å². The molecule has 1 aromatic heterocycles. The van der Waals surface area contributed by atoms with E-state index in [9.17, 15) is 4.79 Å². The number of aromatic nitrogens is 1. The van der Waals surface area contributed by atoms with Crippen molar-refractivity contribution in [2.45, 2.75) is 20.5 Å². The molecule has 0 aliphatic carbocycles. The summed E-state index contributed by atoms with van der Waals surface area (Å²) in [6, 6.07) is 20.2. The fourth-order valence-electron chi connectivity index (χ4n) is 3.40. The molecule has 164 valence electrons. The standard InChI is InChI=1S/C25H22ClN3O2.ClH/c1-15-11-19(8-9-22(15)26)31-14-17-5-3-4-6-20(17)25(30)29-18-7-10-24-21(13-18)23(27)12-16(2)28-24;/h3-13H,14H2,1-2H3,(H2,27,28)(H,29,30);1H. The Balaban J connectivity index is 0.00000289. The number of halogens is 2. The van der Waals surface area contributed by atoms with Crippen LogP contribution in [-0.4, -0.2) is 10.9 Å². The van der Waals surface area contributed by atoms with Gasteiger partial charge in [0, 0.05) is 38.6 Å². The van der Waals surface area contributed by atoms with Crippen molar-refractivity contribution < 1.29 is 9.53 Å². The molecule has 0 unspecified atom stereocenters. The predicted molar refractivity (Wildman–Crippen MR) is 133 cm³/mol. The van der Waals surface area contributed by atoms with Crippen molar-refractivity contribution in [1.82, 2.24) is 4.98 Å². The smallest absolute Gasteiger partial charge is 0.256 e. The minimum absolute atomic E-state index is 0. The average molecular weight is 468 g/mol. The Hall–Kier alpha value is -3.28. The Labute approximate surface area is 198 Å². The van der Waals surface area contributed by atoms with Crippen molar-refractivity contribution in [3.05, 3.63) is 94.1 Å². The molecule has 1 heterocycles. The van der Waals surface area contributed by atoms with Crippen LogP contribution in [0.2, 0.25) is 5.02 Å². The number of carbonyl (C=O) groups excluding carboxylic acids is 1. The summed E-state index contributed by atoms with van der Waals surface area (Å²) < 4.78 is 5.89. The van der Waals surface area contributed by atoms with Crippen LogP contribution in [0.4, 0.5) is 11.4 Å². The maximum Gasteiger partial charge on any atom is 0.256 e. The number of benzene rings is 3. The second-order valence-corrected chi connectivity index (χ2v) is 7.80. The highest BCUT2D eigenvalue weighted by Gasteiger charge is 2.13. The molecule has 4 rings (SSSR count). The number of amides is 1. The number of hydrogen-bond donors (Lipinski definition) is 2. The average Bonchev–Trinajstić information content (AvgIpc) is 2.75. The summed E-state index contributed by atoms with van der Waals surface area (Å²) in [6.45, 7) is 4.08. The molecule has 0 radical (unpaired) electrons. The first-order valence-corrected chi connectivity index (χ1v) is 10.2. The summed E-state index contributed by atoms with van der Waals surface area (Å²) in [5.41, 5.74) is 11.3. The van der Waals surface area contributed by atoms with Crippen LogP contribution < -0.4 is 15.8 Å². The third-order valence-electron chi connectivity index (χ3n) is 5.01. The highest BCUT2D eigenvalue weighted by atomic mass is 35.5. The van der Waals surface area contributed by atoms with Gasteiger partial charge in [0.25, 0.3) is 5.91 Å². The van der Waals surface area contributed by atoms with E-state index >= 15 is 0 Å². The molecule has 0 saturated carbocycles. The first-order valence-electron chi connectivity index (χ1n) is 9.86. The maximum atomic E-state index is 13.0. The number of nitrogens with zero attached hydrogens (tertiary/aromatic N) is 1. The number of rotatable bonds is 5. The second kappa shape index (κ2) is 9.90. The quantitative estimate of drug-likeness (QED) is 0.358. The van der Waals surface area contributed by atoms with Gasteiger partial charge in [0.1, 0.15) is 12.4 Å². The Kier molecular flexibility index (Phi) is 7.23. The number of nitrogens with one attached hydrogen (secondary N) is 1. The van der Waals surface area contributed by atoms with Gasteiger partial charge in [0.2, 0.25) is 0 Å². The largest absolute Gasteiger partial charge is 0.489 e. The molecule has 7 heteroatoms. The van der Waals surface area contributed by atoms with Crippen LogP contribution in [0.5, 0.6) is 5.75 Å². The lowest BCUT2D eigenvalue weighted by molar-refractivity contribution is 0.102. The van der Waals surface area contributed by atoms with E-state index in [1.165, 1.54) is 0 Å². The second-order valence-electron chi connectivity index (χ2n) is 7.40. The van der Waals surface area contributed by atoms with Crippen LogP contribution in [0, 0.1) is 13.8 Å². The van der Waals surface area contributed by atoms with Crippen LogP contribution in [-0.2, 0) is 6.61 Å². The summed E-state index contributed by atoms with van der Waals surface area (Å²) in [5, 5.41) is 4.44. The molecule has 5 nitrogen and oxygen atoms in total. The van der Waals surface area contributed by atoms with Crippen molar-refractivity contribution in [3.8, 4) is 5.75 Å². The molecule has 4 aromatic rings. The zero-order chi connectivity index (χ0) is 22.0. The minimum Gasteiger partial charge on any atom is -0.489 e. The summed E-state index contributed by atoms with van der Waals surface area (Å²) >= 11 is 6.08. The van der Waals surface area contributed by atoms with Crippen LogP contribution in [0.3, 0.4) is 0 Å². The van der Waals surface area contributed by atoms with Gasteiger partial charge in [0.05, 0.1) is 5.52 Å². The van der Waals surface area contributed by atoms with Crippen molar-refractivity contribution in [2.75, 3.05) is 11.1 Å². The van der Waals surface area contributed by atoms with E-state index in [4.69, 9.17) is 22.1 Å². The van der Waals surface area contributed by atoms with Crippen molar-refractivity contribution in [2.24, 2.45) is 0 Å². The Morgan fingerprint density at radius 2 is 1.84 bits per heavy atom. The Morgan fingerprint density at radius 3 is 2.62 bits per heavy atom. The number of hydrogen-bond acceptors (Lipinski definition) is 4. The van der Waals surface area contributed by atoms with Gasteiger partial charge in [-0.05, 0) is 67.9 Å². The number of fused-ring (bicyclic) bond motifs is 1. The first kappa shape index (κ1) is 23.4. The molecule has 1 amide bonds. The number of nitrogen functional groups attached to an aromatic ring is 1. The van der Waals surface area contributed by atoms with E-state index < -0.39 is 0 Å². The van der Waals surface area contributed by atoms with Gasteiger partial charge >= 0.3 is 0 Å². The molecular formula is C25H23Cl2N3O2. The highest BCUT2D eigenvalue weighted by Crippen LogP contribution is 2.25. The topological polar surface area (TPSA) is 77.2 Å².